The minimum Gasteiger partial charge on any atom is -0.455 e. The summed E-state index contributed by atoms with van der Waals surface area (Å²) in [6.07, 6.45) is -3.82. The normalized spacial score (nSPS) is 15.9. The van der Waals surface area contributed by atoms with Gasteiger partial charge >= 0.3 is 6.18 Å². The Morgan fingerprint density at radius 2 is 2.00 bits per heavy atom. The van der Waals surface area contributed by atoms with Gasteiger partial charge in [0, 0.05) is 0 Å². The van der Waals surface area contributed by atoms with Crippen LogP contribution in [-0.2, 0) is 22.3 Å². The number of carbonyl (C=O) groups is 2. The third kappa shape index (κ3) is 5.73. The maximum Gasteiger partial charge on any atom is 0.419 e. The first-order chi connectivity index (χ1) is 15.9. The number of ether oxygens (including phenoxy) is 1. The van der Waals surface area contributed by atoms with Gasteiger partial charge in [0.1, 0.15) is 17.0 Å². The van der Waals surface area contributed by atoms with Crippen LogP contribution in [0.2, 0.25) is 0 Å². The second kappa shape index (κ2) is 9.55. The molecule has 2 aromatic rings. The maximum atomic E-state index is 13.4. The fourth-order valence-electron chi connectivity index (χ4n) is 3.02. The molecule has 0 saturated heterocycles. The zero-order valence-electron chi connectivity index (χ0n) is 17.9. The van der Waals surface area contributed by atoms with Gasteiger partial charge in [-0.05, 0) is 49.6 Å². The van der Waals surface area contributed by atoms with Gasteiger partial charge in [-0.3, -0.25) is 14.6 Å². The molecule has 182 valence electrons. The summed E-state index contributed by atoms with van der Waals surface area (Å²) < 4.78 is 45.6. The highest BCUT2D eigenvalue weighted by Gasteiger charge is 2.51. The van der Waals surface area contributed by atoms with Gasteiger partial charge in [0.2, 0.25) is 11.7 Å². The third-order valence-electron chi connectivity index (χ3n) is 5.12. The van der Waals surface area contributed by atoms with Crippen LogP contribution < -0.4 is 21.1 Å². The van der Waals surface area contributed by atoms with Gasteiger partial charge in [-0.15, -0.1) is 0 Å². The highest BCUT2D eigenvalue weighted by molar-refractivity contribution is 6.37. The fraction of sp³-hybridized carbons (Fsp3) is 0.333. The molecule has 1 heterocycles. The van der Waals surface area contributed by atoms with Crippen molar-refractivity contribution in [1.82, 2.24) is 15.6 Å². The van der Waals surface area contributed by atoms with Crippen molar-refractivity contribution in [2.45, 2.75) is 44.1 Å². The van der Waals surface area contributed by atoms with E-state index in [-0.39, 0.29) is 17.9 Å². The van der Waals surface area contributed by atoms with Gasteiger partial charge in [-0.1, -0.05) is 11.2 Å². The number of amidine groups is 1. The lowest BCUT2D eigenvalue weighted by atomic mass is 10.1. The number of aliphatic hydroxyl groups excluding tert-OH is 1. The van der Waals surface area contributed by atoms with Gasteiger partial charge in [0.15, 0.2) is 0 Å². The van der Waals surface area contributed by atoms with Crippen molar-refractivity contribution < 1.29 is 37.8 Å². The molecule has 0 spiro atoms. The molecule has 1 saturated carbocycles. The van der Waals surface area contributed by atoms with E-state index in [1.807, 2.05) is 0 Å². The zero-order chi connectivity index (χ0) is 25.1. The number of rotatable bonds is 7. The van der Waals surface area contributed by atoms with E-state index in [9.17, 15) is 27.9 Å². The van der Waals surface area contributed by atoms with E-state index in [4.69, 9.17) is 15.7 Å². The largest absolute Gasteiger partial charge is 0.455 e. The Bertz CT molecular complexity index is 1100. The molecule has 0 bridgehead atoms. The van der Waals surface area contributed by atoms with Gasteiger partial charge in [0.05, 0.1) is 30.1 Å². The number of hydrogen-bond donors (Lipinski definition) is 5. The Labute approximate surface area is 191 Å². The molecule has 34 heavy (non-hydrogen) atoms. The van der Waals surface area contributed by atoms with Gasteiger partial charge < -0.3 is 31.4 Å². The summed E-state index contributed by atoms with van der Waals surface area (Å²) in [5.74, 6) is -2.45. The lowest BCUT2D eigenvalue weighted by Crippen LogP contribution is -2.52. The van der Waals surface area contributed by atoms with Crippen molar-refractivity contribution in [3.63, 3.8) is 0 Å². The van der Waals surface area contributed by atoms with E-state index >= 15 is 0 Å². The first-order valence-corrected chi connectivity index (χ1v) is 10.1. The number of aliphatic hydroxyl groups is 1. The number of benzene rings is 1. The molecule has 1 atom stereocenters. The smallest absolute Gasteiger partial charge is 0.419 e. The van der Waals surface area contributed by atoms with Crippen molar-refractivity contribution >= 4 is 17.6 Å². The Morgan fingerprint density at radius 3 is 2.53 bits per heavy atom. The SMILES string of the molecule is CC(O)c1ccc(Oc2ccc(CNC(=O)C3(NC(=O)/C(N)=N/O)CC3)nc2)c(C(F)(F)F)c1. The average molecular weight is 481 g/mol. The van der Waals surface area contributed by atoms with Crippen LogP contribution >= 0.6 is 0 Å². The van der Waals surface area contributed by atoms with Gasteiger partial charge in [-0.2, -0.15) is 13.2 Å². The molecule has 10 nitrogen and oxygen atoms in total. The summed E-state index contributed by atoms with van der Waals surface area (Å²) >= 11 is 0. The molecule has 6 N–H and O–H groups in total. The van der Waals surface area contributed by atoms with Crippen molar-refractivity contribution in [2.24, 2.45) is 10.9 Å². The predicted molar refractivity (Wildman–Crippen MR) is 112 cm³/mol. The molecule has 0 radical (unpaired) electrons. The molecule has 13 heteroatoms. The predicted octanol–water partition coefficient (Wildman–Crippen LogP) is 1.96. The summed E-state index contributed by atoms with van der Waals surface area (Å²) in [7, 11) is 0. The van der Waals surface area contributed by atoms with E-state index in [1.54, 1.807) is 0 Å². The highest BCUT2D eigenvalue weighted by atomic mass is 19.4. The number of nitrogens with one attached hydrogen (secondary N) is 2. The van der Waals surface area contributed by atoms with Crippen LogP contribution in [0, 0.1) is 0 Å². The van der Waals surface area contributed by atoms with E-state index in [1.165, 1.54) is 31.3 Å². The monoisotopic (exact) mass is 481 g/mol. The summed E-state index contributed by atoms with van der Waals surface area (Å²) in [4.78, 5) is 28.2. The number of halogens is 3. The number of carbonyl (C=O) groups excluding carboxylic acids is 2. The zero-order valence-corrected chi connectivity index (χ0v) is 17.9. The van der Waals surface area contributed by atoms with Crippen LogP contribution in [-0.4, -0.2) is 38.5 Å². The number of aromatic nitrogens is 1. The molecule has 1 fully saturated rings. The van der Waals surface area contributed by atoms with Crippen molar-refractivity contribution in [1.29, 1.82) is 0 Å². The Morgan fingerprint density at radius 1 is 1.29 bits per heavy atom. The molecular formula is C21H22F3N5O5. The van der Waals surface area contributed by atoms with Crippen LogP contribution in [0.25, 0.3) is 0 Å². The summed E-state index contributed by atoms with van der Waals surface area (Å²) in [6.45, 7) is 1.34. The van der Waals surface area contributed by atoms with Gasteiger partial charge in [-0.25, -0.2) is 0 Å². The van der Waals surface area contributed by atoms with Crippen LogP contribution in [0.4, 0.5) is 13.2 Å². The molecular weight excluding hydrogens is 459 g/mol. The molecule has 1 aromatic heterocycles. The fourth-order valence-corrected chi connectivity index (χ4v) is 3.02. The second-order valence-electron chi connectivity index (χ2n) is 7.72. The summed E-state index contributed by atoms with van der Waals surface area (Å²) in [5.41, 5.74) is 3.50. The van der Waals surface area contributed by atoms with E-state index in [2.05, 4.69) is 20.8 Å². The summed E-state index contributed by atoms with van der Waals surface area (Å²) in [5, 5.41) is 25.7. The van der Waals surface area contributed by atoms with Crippen LogP contribution in [0.15, 0.2) is 41.7 Å². The van der Waals surface area contributed by atoms with Crippen LogP contribution in [0.1, 0.15) is 42.7 Å². The molecule has 1 unspecified atom stereocenters. The van der Waals surface area contributed by atoms with E-state index in [0.29, 0.717) is 18.5 Å². The number of nitrogens with two attached hydrogens (primary N) is 1. The summed E-state index contributed by atoms with van der Waals surface area (Å²) in [6, 6.07) is 6.13. The van der Waals surface area contributed by atoms with Crippen molar-refractivity contribution in [3.8, 4) is 11.5 Å². The lowest BCUT2D eigenvalue weighted by Gasteiger charge is -2.17. The third-order valence-corrected chi connectivity index (χ3v) is 5.12. The lowest BCUT2D eigenvalue weighted by molar-refractivity contribution is -0.138. The molecule has 0 aliphatic heterocycles. The quantitative estimate of drug-likeness (QED) is 0.175. The molecule has 3 rings (SSSR count). The van der Waals surface area contributed by atoms with Gasteiger partial charge in [0.25, 0.3) is 5.91 Å². The minimum absolute atomic E-state index is 0.0167. The molecule has 1 aliphatic carbocycles. The van der Waals surface area contributed by atoms with Crippen molar-refractivity contribution in [3.05, 3.63) is 53.3 Å². The molecule has 2 amide bonds. The maximum absolute atomic E-state index is 13.4. The molecule has 1 aliphatic rings. The Hall–Kier alpha value is -3.87. The minimum atomic E-state index is -4.69. The highest BCUT2D eigenvalue weighted by Crippen LogP contribution is 2.39. The number of amides is 2. The molecule has 1 aromatic carbocycles. The number of oxime groups is 1. The van der Waals surface area contributed by atoms with Crippen molar-refractivity contribution in [2.75, 3.05) is 0 Å². The first kappa shape index (κ1) is 24.8. The van der Waals surface area contributed by atoms with Crippen LogP contribution in [0.5, 0.6) is 11.5 Å². The average Bonchev–Trinajstić information content (AvgIpc) is 3.57. The first-order valence-electron chi connectivity index (χ1n) is 10.1. The van der Waals surface area contributed by atoms with E-state index < -0.39 is 46.8 Å². The second-order valence-corrected chi connectivity index (χ2v) is 7.72. The standard InChI is InChI=1S/C21H22F3N5O5/c1-11(30)12-2-5-16(15(8-12)21(22,23)24)34-14-4-3-13(26-10-14)9-27-19(32)20(6-7-20)28-18(31)17(25)29-33/h2-5,8,10-11,30,33H,6-7,9H2,1H3,(H2,25,29)(H,27,32)(H,28,31). The van der Waals surface area contributed by atoms with Crippen LogP contribution in [0.3, 0.4) is 0 Å². The number of hydrogen-bond acceptors (Lipinski definition) is 7. The topological polar surface area (TPSA) is 159 Å². The number of nitrogens with zero attached hydrogens (tertiary/aromatic N) is 2. The number of alkyl halides is 3. The Kier molecular flexibility index (Phi) is 6.96. The Balaban J connectivity index is 1.63. The number of pyridine rings is 1. The van der Waals surface area contributed by atoms with E-state index in [0.717, 1.165) is 12.1 Å².